The van der Waals surface area contributed by atoms with Gasteiger partial charge in [-0.1, -0.05) is 58.0 Å². The van der Waals surface area contributed by atoms with Crippen molar-refractivity contribution in [1.82, 2.24) is 0 Å². The van der Waals surface area contributed by atoms with Crippen molar-refractivity contribution < 1.29 is 24.2 Å². The van der Waals surface area contributed by atoms with E-state index in [4.69, 9.17) is 9.47 Å². The van der Waals surface area contributed by atoms with E-state index in [2.05, 4.69) is 0 Å². The Kier molecular flexibility index (Phi) is 7.39. The summed E-state index contributed by atoms with van der Waals surface area (Å²) in [6.45, 7) is 8.77. The maximum atomic E-state index is 13.4. The molecule has 1 aliphatic heterocycles. The van der Waals surface area contributed by atoms with Gasteiger partial charge in [0.1, 0.15) is 17.3 Å². The lowest BCUT2D eigenvalue weighted by atomic mass is 9.84. The van der Waals surface area contributed by atoms with Crippen molar-refractivity contribution in [3.05, 3.63) is 95.1 Å². The number of rotatable bonds is 7. The van der Waals surface area contributed by atoms with Gasteiger partial charge in [-0.2, -0.15) is 0 Å². The second-order valence-electron chi connectivity index (χ2n) is 10.1. The highest BCUT2D eigenvalue weighted by Crippen LogP contribution is 2.43. The van der Waals surface area contributed by atoms with Gasteiger partial charge in [0, 0.05) is 16.8 Å². The van der Waals surface area contributed by atoms with Gasteiger partial charge in [0.2, 0.25) is 0 Å². The summed E-state index contributed by atoms with van der Waals surface area (Å²) in [5.41, 5.74) is 2.37. The van der Waals surface area contributed by atoms with Crippen LogP contribution in [-0.2, 0) is 15.0 Å². The van der Waals surface area contributed by atoms with E-state index in [1.807, 2.05) is 76.2 Å². The van der Waals surface area contributed by atoms with Crippen molar-refractivity contribution in [3.8, 4) is 11.5 Å². The van der Waals surface area contributed by atoms with E-state index in [-0.39, 0.29) is 16.7 Å². The molecule has 37 heavy (non-hydrogen) atoms. The first kappa shape index (κ1) is 26.0. The summed E-state index contributed by atoms with van der Waals surface area (Å²) in [4.78, 5) is 28.2. The van der Waals surface area contributed by atoms with E-state index in [0.717, 1.165) is 12.0 Å². The highest BCUT2D eigenvalue weighted by Gasteiger charge is 2.47. The van der Waals surface area contributed by atoms with Crippen LogP contribution in [0.1, 0.15) is 56.8 Å². The zero-order valence-corrected chi connectivity index (χ0v) is 21.9. The first-order chi connectivity index (χ1) is 17.7. The third-order valence-electron chi connectivity index (χ3n) is 6.43. The topological polar surface area (TPSA) is 76.1 Å². The lowest BCUT2D eigenvalue weighted by Gasteiger charge is -2.26. The molecule has 0 spiro atoms. The molecule has 1 N–H and O–H groups in total. The molecule has 0 radical (unpaired) electrons. The monoisotopic (exact) mass is 499 g/mol. The number of hydrogen-bond acceptors (Lipinski definition) is 5. The molecule has 6 nitrogen and oxygen atoms in total. The Balaban J connectivity index is 1.90. The van der Waals surface area contributed by atoms with Crippen LogP contribution in [0.25, 0.3) is 5.76 Å². The van der Waals surface area contributed by atoms with Crippen LogP contribution in [0.15, 0.2) is 78.4 Å². The molecule has 1 amide bonds. The number of anilines is 1. The molecule has 0 aromatic heterocycles. The van der Waals surface area contributed by atoms with Crippen molar-refractivity contribution in [3.63, 3.8) is 0 Å². The van der Waals surface area contributed by atoms with Crippen LogP contribution in [0.3, 0.4) is 0 Å². The summed E-state index contributed by atoms with van der Waals surface area (Å²) >= 11 is 0. The zero-order chi connectivity index (χ0) is 26.7. The van der Waals surface area contributed by atoms with E-state index in [1.54, 1.807) is 31.4 Å². The Morgan fingerprint density at radius 3 is 2.24 bits per heavy atom. The summed E-state index contributed by atoms with van der Waals surface area (Å²) < 4.78 is 11.3. The molecule has 1 unspecified atom stereocenters. The third kappa shape index (κ3) is 5.10. The number of Topliss-reactive ketones (excluding diaryl/α,β-unsaturated/α-hetero) is 1. The largest absolute Gasteiger partial charge is 0.507 e. The van der Waals surface area contributed by atoms with Crippen molar-refractivity contribution in [2.24, 2.45) is 0 Å². The first-order valence-corrected chi connectivity index (χ1v) is 12.4. The summed E-state index contributed by atoms with van der Waals surface area (Å²) in [5, 5.41) is 11.5. The fraction of sp³-hybridized carbons (Fsp3) is 0.290. The number of aliphatic hydroxyl groups excluding tert-OH is 1. The summed E-state index contributed by atoms with van der Waals surface area (Å²) in [6.07, 6.45) is 0.883. The molecule has 192 valence electrons. The van der Waals surface area contributed by atoms with Crippen LogP contribution in [0, 0.1) is 0 Å². The van der Waals surface area contributed by atoms with Crippen molar-refractivity contribution >= 4 is 23.1 Å². The maximum Gasteiger partial charge on any atom is 0.300 e. The maximum absolute atomic E-state index is 13.4. The Bertz CT molecular complexity index is 1320. The summed E-state index contributed by atoms with van der Waals surface area (Å²) in [5.74, 6) is -0.249. The standard InChI is InChI=1S/C31H33NO5/c1-6-18-37-23-15-12-20(13-16-23)27-26(29(34)30(35)32(27)22-10-8-7-9-11-22)28(33)21-14-17-25(36-5)24(19-21)31(2,3)4/h7-17,19,27,33H,6,18H2,1-5H3/b28-26-. The minimum Gasteiger partial charge on any atom is -0.507 e. The van der Waals surface area contributed by atoms with Gasteiger partial charge in [-0.3, -0.25) is 14.5 Å². The fourth-order valence-electron chi connectivity index (χ4n) is 4.57. The average molecular weight is 500 g/mol. The molecule has 1 saturated heterocycles. The van der Waals surface area contributed by atoms with Crippen molar-refractivity contribution in [2.45, 2.75) is 45.6 Å². The van der Waals surface area contributed by atoms with E-state index in [9.17, 15) is 14.7 Å². The van der Waals surface area contributed by atoms with Gasteiger partial charge < -0.3 is 14.6 Å². The van der Waals surface area contributed by atoms with Crippen LogP contribution in [-0.4, -0.2) is 30.5 Å². The molecular formula is C31H33NO5. The number of ether oxygens (including phenoxy) is 2. The van der Waals surface area contributed by atoms with Crippen LogP contribution >= 0.6 is 0 Å². The number of hydrogen-bond donors (Lipinski definition) is 1. The highest BCUT2D eigenvalue weighted by atomic mass is 16.5. The highest BCUT2D eigenvalue weighted by molar-refractivity contribution is 6.51. The molecule has 1 fully saturated rings. The van der Waals surface area contributed by atoms with Crippen molar-refractivity contribution in [1.29, 1.82) is 0 Å². The summed E-state index contributed by atoms with van der Waals surface area (Å²) in [7, 11) is 1.60. The second kappa shape index (κ2) is 10.5. The Morgan fingerprint density at radius 1 is 0.973 bits per heavy atom. The Morgan fingerprint density at radius 2 is 1.65 bits per heavy atom. The third-order valence-corrected chi connectivity index (χ3v) is 6.43. The Labute approximate surface area is 218 Å². The minimum absolute atomic E-state index is 0.0427. The molecule has 0 aliphatic carbocycles. The number of carbonyl (C=O) groups is 2. The van der Waals surface area contributed by atoms with E-state index >= 15 is 0 Å². The number of ketones is 1. The molecule has 1 atom stereocenters. The number of amides is 1. The predicted octanol–water partition coefficient (Wildman–Crippen LogP) is 6.41. The fourth-order valence-corrected chi connectivity index (χ4v) is 4.57. The average Bonchev–Trinajstić information content (AvgIpc) is 3.17. The predicted molar refractivity (Wildman–Crippen MR) is 145 cm³/mol. The van der Waals surface area contributed by atoms with Crippen LogP contribution in [0.5, 0.6) is 11.5 Å². The molecule has 0 saturated carbocycles. The lowest BCUT2D eigenvalue weighted by Crippen LogP contribution is -2.29. The molecule has 3 aromatic rings. The van der Waals surface area contributed by atoms with Crippen LogP contribution < -0.4 is 14.4 Å². The van der Waals surface area contributed by atoms with Gasteiger partial charge in [0.25, 0.3) is 11.7 Å². The number of benzene rings is 3. The molecule has 6 heteroatoms. The van der Waals surface area contributed by atoms with E-state index < -0.39 is 17.7 Å². The molecule has 4 rings (SSSR count). The van der Waals surface area contributed by atoms with E-state index in [1.165, 1.54) is 4.90 Å². The van der Waals surface area contributed by atoms with Gasteiger partial charge in [-0.25, -0.2) is 0 Å². The Hall–Kier alpha value is -4.06. The van der Waals surface area contributed by atoms with Gasteiger partial charge >= 0.3 is 0 Å². The van der Waals surface area contributed by atoms with Crippen LogP contribution in [0.2, 0.25) is 0 Å². The number of nitrogens with zero attached hydrogens (tertiary/aromatic N) is 1. The number of carbonyl (C=O) groups excluding carboxylic acids is 2. The molecule has 1 aliphatic rings. The zero-order valence-electron chi connectivity index (χ0n) is 21.9. The van der Waals surface area contributed by atoms with Crippen LogP contribution in [0.4, 0.5) is 5.69 Å². The van der Waals surface area contributed by atoms with Gasteiger partial charge in [0.05, 0.1) is 25.3 Å². The SMILES string of the molecule is CCCOc1ccc(C2/C(=C(/O)c3ccc(OC)c(C(C)(C)C)c3)C(=O)C(=O)N2c2ccccc2)cc1. The summed E-state index contributed by atoms with van der Waals surface area (Å²) in [6, 6.07) is 20.8. The smallest absolute Gasteiger partial charge is 0.300 e. The quantitative estimate of drug-likeness (QED) is 0.231. The number of methoxy groups -OCH3 is 1. The molecule has 0 bridgehead atoms. The lowest BCUT2D eigenvalue weighted by molar-refractivity contribution is -0.132. The minimum atomic E-state index is -0.803. The van der Waals surface area contributed by atoms with E-state index in [0.29, 0.717) is 34.9 Å². The van der Waals surface area contributed by atoms with Gasteiger partial charge in [-0.15, -0.1) is 0 Å². The normalized spacial score (nSPS) is 17.2. The first-order valence-electron chi connectivity index (χ1n) is 12.4. The molecular weight excluding hydrogens is 466 g/mol. The van der Waals surface area contributed by atoms with Gasteiger partial charge in [0.15, 0.2) is 0 Å². The number of para-hydroxylation sites is 1. The van der Waals surface area contributed by atoms with Gasteiger partial charge in [-0.05, 0) is 59.9 Å². The molecule has 1 heterocycles. The molecule has 3 aromatic carbocycles. The van der Waals surface area contributed by atoms with Crippen molar-refractivity contribution in [2.75, 3.05) is 18.6 Å². The number of aliphatic hydroxyl groups is 1. The second-order valence-corrected chi connectivity index (χ2v) is 10.1.